The largest absolute Gasteiger partial charge is 0.403 e. The summed E-state index contributed by atoms with van der Waals surface area (Å²) >= 11 is 5.97. The highest BCUT2D eigenvalue weighted by atomic mass is 35.5. The van der Waals surface area contributed by atoms with Gasteiger partial charge in [0.15, 0.2) is 9.84 Å². The molecule has 5 rings (SSSR count). The summed E-state index contributed by atoms with van der Waals surface area (Å²) in [5, 5.41) is 8.50. The molecule has 1 amide bonds. The summed E-state index contributed by atoms with van der Waals surface area (Å²) in [6.07, 6.45) is -3.94. The molecule has 2 aromatic carbocycles. The number of hydrogen-bond donors (Lipinski definition) is 1. The number of fused-ring (bicyclic) bond motifs is 1. The Bertz CT molecular complexity index is 1420. The van der Waals surface area contributed by atoms with Crippen molar-refractivity contribution in [3.8, 4) is 11.5 Å². The highest BCUT2D eigenvalue weighted by Crippen LogP contribution is 2.36. The second kappa shape index (κ2) is 9.97. The van der Waals surface area contributed by atoms with E-state index in [9.17, 15) is 22.0 Å². The van der Waals surface area contributed by atoms with Gasteiger partial charge in [-0.05, 0) is 35.9 Å². The Morgan fingerprint density at radius 1 is 1.16 bits per heavy atom. The first-order chi connectivity index (χ1) is 17.6. The average Bonchev–Trinajstić information content (AvgIpc) is 3.36. The minimum Gasteiger partial charge on any atom is -0.403 e. The molecule has 1 unspecified atom stereocenters. The maximum absolute atomic E-state index is 13.2. The molecule has 10 nitrogen and oxygen atoms in total. The van der Waals surface area contributed by atoms with Crippen LogP contribution in [0.15, 0.2) is 51.8 Å². The molecule has 0 aliphatic carbocycles. The molecular weight excluding hydrogens is 532 g/mol. The number of sulfone groups is 1. The highest BCUT2D eigenvalue weighted by molar-refractivity contribution is 7.91. The number of carbonyl (C=O) groups excluding carboxylic acids is 1. The van der Waals surface area contributed by atoms with E-state index in [2.05, 4.69) is 10.2 Å². The number of nitrogens with zero attached hydrogens (tertiary/aromatic N) is 4. The van der Waals surface area contributed by atoms with Crippen LogP contribution in [0.5, 0.6) is 0 Å². The standard InChI is InChI=1S/C23H22ClF2N5O5S/c24-15-4-1-13(2-5-15)10-31-17-9-14(3-6-19(17)37(33,34)12-16(27)22(31)32)21-28-29-23(36-21)30-7-8-35-18(11-30)20(25)26/h1-6,9,16,18,20H,7-8,10-12,27H2/t16-,18?/m0/s1. The van der Waals surface area contributed by atoms with Gasteiger partial charge in [-0.15, -0.1) is 5.10 Å². The molecular formula is C23H22ClF2N5O5S. The topological polar surface area (TPSA) is 132 Å². The summed E-state index contributed by atoms with van der Waals surface area (Å²) in [7, 11) is -3.89. The van der Waals surface area contributed by atoms with Crippen LogP contribution >= 0.6 is 11.6 Å². The average molecular weight is 554 g/mol. The van der Waals surface area contributed by atoms with Gasteiger partial charge in [-0.1, -0.05) is 28.8 Å². The first-order valence-corrected chi connectivity index (χ1v) is 13.3. The number of benzene rings is 2. The lowest BCUT2D eigenvalue weighted by Crippen LogP contribution is -2.45. The lowest BCUT2D eigenvalue weighted by molar-refractivity contribution is -0.119. The molecule has 0 radical (unpaired) electrons. The number of amides is 1. The third kappa shape index (κ3) is 5.17. The SMILES string of the molecule is N[C@H]1CS(=O)(=O)c2ccc(-c3nnc(N4CCOC(C(F)F)C4)o3)cc2N(Cc2ccc(Cl)cc2)C1=O. The maximum atomic E-state index is 13.2. The van der Waals surface area contributed by atoms with E-state index in [1.54, 1.807) is 24.3 Å². The molecule has 3 aromatic rings. The third-order valence-electron chi connectivity index (χ3n) is 6.13. The zero-order valence-electron chi connectivity index (χ0n) is 19.3. The summed E-state index contributed by atoms with van der Waals surface area (Å²) in [6.45, 7) is 0.288. The van der Waals surface area contributed by atoms with Crippen molar-refractivity contribution in [1.29, 1.82) is 0 Å². The molecule has 3 heterocycles. The van der Waals surface area contributed by atoms with Crippen LogP contribution in [-0.2, 0) is 25.9 Å². The van der Waals surface area contributed by atoms with Crippen LogP contribution in [0.3, 0.4) is 0 Å². The van der Waals surface area contributed by atoms with Crippen LogP contribution in [0, 0.1) is 0 Å². The van der Waals surface area contributed by atoms with Crippen molar-refractivity contribution >= 4 is 39.0 Å². The molecule has 0 saturated carbocycles. The molecule has 1 saturated heterocycles. The Morgan fingerprint density at radius 2 is 1.92 bits per heavy atom. The molecule has 0 spiro atoms. The summed E-state index contributed by atoms with van der Waals surface area (Å²) in [6, 6.07) is 9.87. The predicted molar refractivity (Wildman–Crippen MR) is 130 cm³/mol. The number of carbonyl (C=O) groups is 1. The zero-order valence-corrected chi connectivity index (χ0v) is 20.8. The molecule has 2 aliphatic rings. The van der Waals surface area contributed by atoms with Crippen molar-refractivity contribution in [2.75, 3.05) is 35.2 Å². The molecule has 1 fully saturated rings. The fourth-order valence-corrected chi connectivity index (χ4v) is 5.92. The molecule has 14 heteroatoms. The van der Waals surface area contributed by atoms with Gasteiger partial charge in [0.25, 0.3) is 6.43 Å². The fraction of sp³-hybridized carbons (Fsp3) is 0.348. The summed E-state index contributed by atoms with van der Waals surface area (Å²) in [4.78, 5) is 15.9. The fourth-order valence-electron chi connectivity index (χ4n) is 4.24. The van der Waals surface area contributed by atoms with E-state index in [4.69, 9.17) is 26.5 Å². The summed E-state index contributed by atoms with van der Waals surface area (Å²) in [5.74, 6) is -1.07. The number of aromatic nitrogens is 2. The quantitative estimate of drug-likeness (QED) is 0.506. The minimum atomic E-state index is -3.89. The Morgan fingerprint density at radius 3 is 2.65 bits per heavy atom. The Labute approximate surface area is 215 Å². The third-order valence-corrected chi connectivity index (χ3v) is 8.19. The molecule has 2 atom stereocenters. The zero-order chi connectivity index (χ0) is 26.3. The summed E-state index contributed by atoms with van der Waals surface area (Å²) in [5.41, 5.74) is 7.14. The molecule has 1 aromatic heterocycles. The van der Waals surface area contributed by atoms with Gasteiger partial charge in [-0.2, -0.15) is 0 Å². The lowest BCUT2D eigenvalue weighted by atomic mass is 10.1. The Kier molecular flexibility index (Phi) is 6.88. The molecule has 2 N–H and O–H groups in total. The van der Waals surface area contributed by atoms with E-state index >= 15 is 0 Å². The van der Waals surface area contributed by atoms with Gasteiger partial charge in [0, 0.05) is 17.1 Å². The first kappa shape index (κ1) is 25.5. The van der Waals surface area contributed by atoms with Crippen LogP contribution in [0.1, 0.15) is 5.56 Å². The smallest absolute Gasteiger partial charge is 0.318 e. The van der Waals surface area contributed by atoms with E-state index < -0.39 is 40.1 Å². The van der Waals surface area contributed by atoms with Crippen molar-refractivity contribution in [3.63, 3.8) is 0 Å². The number of hydrogen-bond acceptors (Lipinski definition) is 9. The van der Waals surface area contributed by atoms with Gasteiger partial charge < -0.3 is 24.7 Å². The number of halogens is 3. The molecule has 37 heavy (non-hydrogen) atoms. The van der Waals surface area contributed by atoms with Gasteiger partial charge >= 0.3 is 6.01 Å². The van der Waals surface area contributed by atoms with E-state index in [1.165, 1.54) is 28.0 Å². The second-order valence-corrected chi connectivity index (χ2v) is 11.1. The molecule has 0 bridgehead atoms. The Hall–Kier alpha value is -3.13. The number of ether oxygens (including phenoxy) is 1. The van der Waals surface area contributed by atoms with Crippen molar-refractivity contribution in [3.05, 3.63) is 53.1 Å². The monoisotopic (exact) mass is 553 g/mol. The normalized spacial score (nSPS) is 21.7. The van der Waals surface area contributed by atoms with Gasteiger partial charge in [0.05, 0.1) is 42.1 Å². The van der Waals surface area contributed by atoms with Crippen molar-refractivity contribution in [1.82, 2.24) is 10.2 Å². The van der Waals surface area contributed by atoms with Crippen LogP contribution < -0.4 is 15.5 Å². The van der Waals surface area contributed by atoms with E-state index in [1.807, 2.05) is 0 Å². The second-order valence-electron chi connectivity index (χ2n) is 8.70. The highest BCUT2D eigenvalue weighted by Gasteiger charge is 2.37. The van der Waals surface area contributed by atoms with Gasteiger partial charge in [0.1, 0.15) is 6.10 Å². The van der Waals surface area contributed by atoms with Crippen molar-refractivity contribution in [2.45, 2.75) is 30.0 Å². The van der Waals surface area contributed by atoms with Crippen LogP contribution in [-0.4, -0.2) is 68.5 Å². The number of rotatable bonds is 5. The molecule has 2 aliphatic heterocycles. The number of anilines is 2. The lowest BCUT2D eigenvalue weighted by Gasteiger charge is -2.30. The van der Waals surface area contributed by atoms with Gasteiger partial charge in [0.2, 0.25) is 11.8 Å². The summed E-state index contributed by atoms with van der Waals surface area (Å²) < 4.78 is 63.0. The Balaban J connectivity index is 1.52. The van der Waals surface area contributed by atoms with Gasteiger partial charge in [-0.3, -0.25) is 4.79 Å². The van der Waals surface area contributed by atoms with Crippen LogP contribution in [0.4, 0.5) is 20.5 Å². The van der Waals surface area contributed by atoms with Crippen molar-refractivity contribution in [2.24, 2.45) is 5.73 Å². The maximum Gasteiger partial charge on any atom is 0.318 e. The van der Waals surface area contributed by atoms with Crippen LogP contribution in [0.2, 0.25) is 5.02 Å². The van der Waals surface area contributed by atoms with E-state index in [0.717, 1.165) is 0 Å². The number of morpholine rings is 1. The van der Waals surface area contributed by atoms with Crippen LogP contribution in [0.25, 0.3) is 11.5 Å². The first-order valence-electron chi connectivity index (χ1n) is 11.3. The predicted octanol–water partition coefficient (Wildman–Crippen LogP) is 2.51. The van der Waals surface area contributed by atoms with Crippen molar-refractivity contribution < 1.29 is 31.1 Å². The number of alkyl halides is 2. The molecule has 196 valence electrons. The van der Waals surface area contributed by atoms with E-state index in [0.29, 0.717) is 16.1 Å². The van der Waals surface area contributed by atoms with E-state index in [-0.39, 0.29) is 48.7 Å². The number of nitrogens with two attached hydrogens (primary N) is 1. The van der Waals surface area contributed by atoms with Gasteiger partial charge in [-0.25, -0.2) is 17.2 Å². The minimum absolute atomic E-state index is 0.0302.